The van der Waals surface area contributed by atoms with Crippen molar-refractivity contribution in [3.8, 4) is 0 Å². The largest absolute Gasteiger partial charge is 0.384 e. The van der Waals surface area contributed by atoms with Crippen LogP contribution in [0.4, 0.5) is 11.6 Å². The van der Waals surface area contributed by atoms with Crippen molar-refractivity contribution in [3.05, 3.63) is 11.9 Å². The summed E-state index contributed by atoms with van der Waals surface area (Å²) in [4.78, 5) is 8.67. The van der Waals surface area contributed by atoms with Crippen molar-refractivity contribution in [2.24, 2.45) is 0 Å². The lowest BCUT2D eigenvalue weighted by molar-refractivity contribution is 0.666. The van der Waals surface area contributed by atoms with Gasteiger partial charge in [0.15, 0.2) is 0 Å². The monoisotopic (exact) mass is 222 g/mol. The zero-order valence-corrected chi connectivity index (χ0v) is 10.5. The molecule has 0 amide bonds. The van der Waals surface area contributed by atoms with Crippen LogP contribution in [-0.2, 0) is 6.42 Å². The van der Waals surface area contributed by atoms with E-state index in [1.807, 2.05) is 0 Å². The predicted octanol–water partition coefficient (Wildman–Crippen LogP) is 2.61. The minimum atomic E-state index is 0.462. The smallest absolute Gasteiger partial charge is 0.133 e. The van der Waals surface area contributed by atoms with Gasteiger partial charge in [-0.1, -0.05) is 20.8 Å². The van der Waals surface area contributed by atoms with Gasteiger partial charge in [0.1, 0.15) is 17.5 Å². The second kappa shape index (κ2) is 6.30. The van der Waals surface area contributed by atoms with Crippen LogP contribution in [0.3, 0.4) is 0 Å². The number of aryl methyl sites for hydroxylation is 1. The molecular formula is C12H22N4. The fourth-order valence-corrected chi connectivity index (χ4v) is 1.63. The molecule has 0 fully saturated rings. The molecule has 1 aromatic rings. The molecule has 4 nitrogen and oxygen atoms in total. The van der Waals surface area contributed by atoms with Gasteiger partial charge in [0.25, 0.3) is 0 Å². The molecule has 0 aliphatic heterocycles. The summed E-state index contributed by atoms with van der Waals surface area (Å²) in [5.41, 5.74) is 5.76. The molecule has 1 aromatic heterocycles. The third-order valence-corrected chi connectivity index (χ3v) is 2.60. The van der Waals surface area contributed by atoms with E-state index in [2.05, 4.69) is 36.1 Å². The van der Waals surface area contributed by atoms with Crippen LogP contribution in [0, 0.1) is 0 Å². The minimum Gasteiger partial charge on any atom is -0.384 e. The highest BCUT2D eigenvalue weighted by Crippen LogP contribution is 2.13. The maximum absolute atomic E-state index is 5.76. The quantitative estimate of drug-likeness (QED) is 0.776. The zero-order chi connectivity index (χ0) is 12.0. The molecule has 0 aliphatic carbocycles. The molecule has 4 heteroatoms. The van der Waals surface area contributed by atoms with Gasteiger partial charge < -0.3 is 11.1 Å². The summed E-state index contributed by atoms with van der Waals surface area (Å²) in [7, 11) is 0. The van der Waals surface area contributed by atoms with Crippen LogP contribution in [0.15, 0.2) is 6.07 Å². The van der Waals surface area contributed by atoms with Crippen LogP contribution in [0.25, 0.3) is 0 Å². The average molecular weight is 222 g/mol. The molecule has 0 atom stereocenters. The summed E-state index contributed by atoms with van der Waals surface area (Å²) in [6.07, 6.45) is 4.09. The van der Waals surface area contributed by atoms with Crippen molar-refractivity contribution in [1.29, 1.82) is 0 Å². The number of nitrogens with two attached hydrogens (primary N) is 1. The van der Waals surface area contributed by atoms with Crippen molar-refractivity contribution in [2.75, 3.05) is 11.1 Å². The van der Waals surface area contributed by atoms with E-state index < -0.39 is 0 Å². The van der Waals surface area contributed by atoms with Crippen molar-refractivity contribution in [3.63, 3.8) is 0 Å². The lowest BCUT2D eigenvalue weighted by Crippen LogP contribution is -2.18. The molecule has 0 aromatic carbocycles. The molecule has 0 aliphatic rings. The molecule has 0 saturated heterocycles. The highest BCUT2D eigenvalue weighted by molar-refractivity contribution is 5.45. The minimum absolute atomic E-state index is 0.462. The summed E-state index contributed by atoms with van der Waals surface area (Å²) in [6, 6.07) is 2.26. The molecule has 1 rings (SSSR count). The van der Waals surface area contributed by atoms with Gasteiger partial charge in [-0.2, -0.15) is 0 Å². The Morgan fingerprint density at radius 3 is 2.50 bits per heavy atom. The van der Waals surface area contributed by atoms with E-state index in [0.29, 0.717) is 11.9 Å². The lowest BCUT2D eigenvalue weighted by atomic mass is 10.2. The van der Waals surface area contributed by atoms with Crippen molar-refractivity contribution >= 4 is 11.6 Å². The predicted molar refractivity (Wildman–Crippen MR) is 68.4 cm³/mol. The van der Waals surface area contributed by atoms with Crippen LogP contribution in [0.2, 0.25) is 0 Å². The molecule has 0 spiro atoms. The number of hydrogen-bond acceptors (Lipinski definition) is 4. The number of nitrogens with one attached hydrogen (secondary N) is 1. The Bertz CT molecular complexity index is 321. The SMILES string of the molecule is CCCc1nc(N)cc(NC(CC)CC)n1. The van der Waals surface area contributed by atoms with E-state index in [4.69, 9.17) is 5.73 Å². The van der Waals surface area contributed by atoms with Gasteiger partial charge in [-0.05, 0) is 19.3 Å². The third kappa shape index (κ3) is 3.68. The van der Waals surface area contributed by atoms with Crippen molar-refractivity contribution < 1.29 is 0 Å². The van der Waals surface area contributed by atoms with Crippen LogP contribution < -0.4 is 11.1 Å². The second-order valence-electron chi connectivity index (χ2n) is 4.00. The highest BCUT2D eigenvalue weighted by atomic mass is 15.1. The number of anilines is 2. The maximum atomic E-state index is 5.76. The number of nitrogens with zero attached hydrogens (tertiary/aromatic N) is 2. The van der Waals surface area contributed by atoms with E-state index >= 15 is 0 Å². The highest BCUT2D eigenvalue weighted by Gasteiger charge is 2.06. The van der Waals surface area contributed by atoms with Crippen molar-refractivity contribution in [1.82, 2.24) is 9.97 Å². The van der Waals surface area contributed by atoms with Gasteiger partial charge in [-0.15, -0.1) is 0 Å². The Labute approximate surface area is 97.7 Å². The number of aromatic nitrogens is 2. The fraction of sp³-hybridized carbons (Fsp3) is 0.667. The molecule has 3 N–H and O–H groups in total. The molecule has 0 radical (unpaired) electrons. The maximum Gasteiger partial charge on any atom is 0.133 e. The summed E-state index contributed by atoms with van der Waals surface area (Å²) in [5.74, 6) is 2.23. The first-order valence-corrected chi connectivity index (χ1v) is 6.09. The first kappa shape index (κ1) is 12.7. The Hall–Kier alpha value is -1.32. The molecule has 0 bridgehead atoms. The van der Waals surface area contributed by atoms with E-state index in [-0.39, 0.29) is 0 Å². The van der Waals surface area contributed by atoms with E-state index in [1.165, 1.54) is 0 Å². The second-order valence-corrected chi connectivity index (χ2v) is 4.00. The van der Waals surface area contributed by atoms with Crippen molar-refractivity contribution in [2.45, 2.75) is 52.5 Å². The first-order chi connectivity index (χ1) is 7.69. The van der Waals surface area contributed by atoms with Gasteiger partial charge >= 0.3 is 0 Å². The van der Waals surface area contributed by atoms with Crippen LogP contribution >= 0.6 is 0 Å². The van der Waals surface area contributed by atoms with Gasteiger partial charge in [-0.25, -0.2) is 9.97 Å². The summed E-state index contributed by atoms with van der Waals surface area (Å²) in [5, 5.41) is 3.39. The summed E-state index contributed by atoms with van der Waals surface area (Å²) >= 11 is 0. The Morgan fingerprint density at radius 1 is 1.25 bits per heavy atom. The number of nitrogen functional groups attached to an aromatic ring is 1. The zero-order valence-electron chi connectivity index (χ0n) is 10.5. The molecular weight excluding hydrogens is 200 g/mol. The Morgan fingerprint density at radius 2 is 1.94 bits per heavy atom. The number of hydrogen-bond donors (Lipinski definition) is 2. The van der Waals surface area contributed by atoms with Crippen LogP contribution in [0.5, 0.6) is 0 Å². The molecule has 0 unspecified atom stereocenters. The summed E-state index contributed by atoms with van der Waals surface area (Å²) in [6.45, 7) is 6.44. The van der Waals surface area contributed by atoms with E-state index in [9.17, 15) is 0 Å². The molecule has 0 saturated carbocycles. The fourth-order valence-electron chi connectivity index (χ4n) is 1.63. The normalized spacial score (nSPS) is 10.8. The molecule has 1 heterocycles. The standard InChI is InChI=1S/C12H22N4/c1-4-7-11-15-10(13)8-12(16-11)14-9(5-2)6-3/h8-9H,4-7H2,1-3H3,(H3,13,14,15,16). The van der Waals surface area contributed by atoms with Gasteiger partial charge in [0.05, 0.1) is 0 Å². The average Bonchev–Trinajstić information content (AvgIpc) is 2.25. The number of rotatable bonds is 6. The topological polar surface area (TPSA) is 63.8 Å². The van der Waals surface area contributed by atoms with Gasteiger partial charge in [0.2, 0.25) is 0 Å². The molecule has 90 valence electrons. The Balaban J connectivity index is 2.78. The van der Waals surface area contributed by atoms with Crippen LogP contribution in [0.1, 0.15) is 45.9 Å². The lowest BCUT2D eigenvalue weighted by Gasteiger charge is -2.16. The van der Waals surface area contributed by atoms with Gasteiger partial charge in [-0.3, -0.25) is 0 Å². The van der Waals surface area contributed by atoms with E-state index in [1.54, 1.807) is 6.07 Å². The van der Waals surface area contributed by atoms with E-state index in [0.717, 1.165) is 37.3 Å². The van der Waals surface area contributed by atoms with Gasteiger partial charge in [0, 0.05) is 18.5 Å². The Kier molecular flexibility index (Phi) is 5.02. The third-order valence-electron chi connectivity index (χ3n) is 2.60. The molecule has 16 heavy (non-hydrogen) atoms. The van der Waals surface area contributed by atoms with Crippen LogP contribution in [-0.4, -0.2) is 16.0 Å². The first-order valence-electron chi connectivity index (χ1n) is 6.09. The summed E-state index contributed by atoms with van der Waals surface area (Å²) < 4.78 is 0.